The zero-order valence-electron chi connectivity index (χ0n) is 11.6. The second-order valence-electron chi connectivity index (χ2n) is 4.68. The average Bonchev–Trinajstić information content (AvgIpc) is 2.45. The first-order chi connectivity index (χ1) is 9.27. The van der Waals surface area contributed by atoms with Crippen molar-refractivity contribution >= 4 is 16.6 Å². The first-order valence-electron chi connectivity index (χ1n) is 6.95. The molecule has 2 nitrogen and oxygen atoms in total. The van der Waals surface area contributed by atoms with Gasteiger partial charge in [-0.1, -0.05) is 38.1 Å². The molecule has 0 aliphatic heterocycles. The molecular weight excluding hydrogens is 236 g/mol. The fourth-order valence-corrected chi connectivity index (χ4v) is 2.21. The Morgan fingerprint density at radius 1 is 1.00 bits per heavy atom. The van der Waals surface area contributed by atoms with Crippen LogP contribution in [0.4, 0.5) is 0 Å². The van der Waals surface area contributed by atoms with Crippen molar-refractivity contribution in [2.24, 2.45) is 0 Å². The third-order valence-corrected chi connectivity index (χ3v) is 3.12. The zero-order valence-corrected chi connectivity index (χ0v) is 11.6. The maximum absolute atomic E-state index is 12.1. The molecule has 0 fully saturated rings. The molecule has 0 spiro atoms. The number of carbonyl (C=O) groups excluding carboxylic acids is 1. The van der Waals surface area contributed by atoms with Crippen LogP contribution < -0.4 is 4.74 Å². The predicted molar refractivity (Wildman–Crippen MR) is 79.0 cm³/mol. The molecule has 0 heterocycles. The largest absolute Gasteiger partial charge is 0.493 e. The van der Waals surface area contributed by atoms with E-state index < -0.39 is 0 Å². The van der Waals surface area contributed by atoms with Crippen LogP contribution in [0.15, 0.2) is 36.4 Å². The molecule has 0 aromatic heterocycles. The monoisotopic (exact) mass is 256 g/mol. The fraction of sp³-hybridized carbons (Fsp3) is 0.353. The van der Waals surface area contributed by atoms with Crippen molar-refractivity contribution in [1.82, 2.24) is 0 Å². The number of ether oxygens (including phenoxy) is 1. The van der Waals surface area contributed by atoms with Crippen molar-refractivity contribution in [3.8, 4) is 5.75 Å². The van der Waals surface area contributed by atoms with Crippen LogP contribution in [-0.4, -0.2) is 12.4 Å². The van der Waals surface area contributed by atoms with Gasteiger partial charge >= 0.3 is 0 Å². The highest BCUT2D eigenvalue weighted by Gasteiger charge is 2.11. The first kappa shape index (κ1) is 13.6. The minimum absolute atomic E-state index is 0.209. The first-order valence-corrected chi connectivity index (χ1v) is 6.95. The molecule has 0 saturated carbocycles. The smallest absolute Gasteiger partial charge is 0.163 e. The molecule has 2 aromatic carbocycles. The lowest BCUT2D eigenvalue weighted by Gasteiger charge is -2.11. The molecule has 0 atom stereocenters. The molecule has 0 aliphatic rings. The molecule has 0 saturated heterocycles. The summed E-state index contributed by atoms with van der Waals surface area (Å²) < 4.78 is 5.75. The van der Waals surface area contributed by atoms with Crippen LogP contribution in [-0.2, 0) is 0 Å². The van der Waals surface area contributed by atoms with E-state index in [9.17, 15) is 4.79 Å². The van der Waals surface area contributed by atoms with Crippen molar-refractivity contribution in [1.29, 1.82) is 0 Å². The van der Waals surface area contributed by atoms with E-state index in [1.54, 1.807) is 0 Å². The quantitative estimate of drug-likeness (QED) is 0.705. The van der Waals surface area contributed by atoms with Crippen LogP contribution in [0, 0.1) is 0 Å². The van der Waals surface area contributed by atoms with Gasteiger partial charge in [0.25, 0.3) is 0 Å². The molecule has 2 aromatic rings. The van der Waals surface area contributed by atoms with Gasteiger partial charge in [-0.3, -0.25) is 4.79 Å². The molecule has 0 amide bonds. The van der Waals surface area contributed by atoms with Crippen molar-refractivity contribution in [3.63, 3.8) is 0 Å². The Kier molecular flexibility index (Phi) is 4.56. The van der Waals surface area contributed by atoms with Crippen LogP contribution in [0.25, 0.3) is 10.8 Å². The molecule has 19 heavy (non-hydrogen) atoms. The normalized spacial score (nSPS) is 10.6. The predicted octanol–water partition coefficient (Wildman–Crippen LogP) is 4.61. The number of hydrogen-bond acceptors (Lipinski definition) is 2. The maximum Gasteiger partial charge on any atom is 0.163 e. The zero-order chi connectivity index (χ0) is 13.7. The van der Waals surface area contributed by atoms with E-state index in [4.69, 9.17) is 4.74 Å². The molecule has 0 bridgehead atoms. The van der Waals surface area contributed by atoms with E-state index in [0.29, 0.717) is 13.0 Å². The van der Waals surface area contributed by atoms with Gasteiger partial charge in [0, 0.05) is 17.4 Å². The van der Waals surface area contributed by atoms with Crippen molar-refractivity contribution in [2.75, 3.05) is 6.61 Å². The van der Waals surface area contributed by atoms with Gasteiger partial charge in [-0.15, -0.1) is 0 Å². The Morgan fingerprint density at radius 3 is 2.42 bits per heavy atom. The number of Topliss-reactive ketones (excluding diaryl/α,β-unsaturated/α-hetero) is 1. The Hall–Kier alpha value is -1.83. The summed E-state index contributed by atoms with van der Waals surface area (Å²) in [5.41, 5.74) is 0.807. The van der Waals surface area contributed by atoms with E-state index in [-0.39, 0.29) is 5.78 Å². The lowest BCUT2D eigenvalue weighted by atomic mass is 9.98. The number of fused-ring (bicyclic) bond motifs is 1. The number of benzene rings is 2. The summed E-state index contributed by atoms with van der Waals surface area (Å²) in [4.78, 5) is 12.1. The summed E-state index contributed by atoms with van der Waals surface area (Å²) in [6.45, 7) is 4.81. The molecule has 0 unspecified atom stereocenters. The third kappa shape index (κ3) is 2.95. The van der Waals surface area contributed by atoms with Gasteiger partial charge in [0.05, 0.1) is 6.61 Å². The third-order valence-electron chi connectivity index (χ3n) is 3.12. The van der Waals surface area contributed by atoms with Gasteiger partial charge in [0.15, 0.2) is 5.78 Å². The van der Waals surface area contributed by atoms with Crippen molar-refractivity contribution < 1.29 is 9.53 Å². The summed E-state index contributed by atoms with van der Waals surface area (Å²) in [5.74, 6) is 1.08. The lowest BCUT2D eigenvalue weighted by molar-refractivity contribution is 0.0983. The molecule has 2 rings (SSSR count). The summed E-state index contributed by atoms with van der Waals surface area (Å²) in [5, 5.41) is 2.02. The molecular formula is C17H20O2. The molecule has 0 aliphatic carbocycles. The minimum Gasteiger partial charge on any atom is -0.493 e. The minimum atomic E-state index is 0.209. The van der Waals surface area contributed by atoms with E-state index >= 15 is 0 Å². The second kappa shape index (κ2) is 6.37. The second-order valence-corrected chi connectivity index (χ2v) is 4.68. The number of carbonyl (C=O) groups is 1. The number of hydrogen-bond donors (Lipinski definition) is 0. The number of rotatable bonds is 6. The van der Waals surface area contributed by atoms with Crippen molar-refractivity contribution in [2.45, 2.75) is 33.1 Å². The van der Waals surface area contributed by atoms with Gasteiger partial charge in [0.2, 0.25) is 0 Å². The van der Waals surface area contributed by atoms with E-state index in [2.05, 4.69) is 6.92 Å². The van der Waals surface area contributed by atoms with E-state index in [1.807, 2.05) is 43.3 Å². The van der Waals surface area contributed by atoms with Crippen LogP contribution in [0.3, 0.4) is 0 Å². The Bertz CT molecular complexity index is 572. The van der Waals surface area contributed by atoms with Gasteiger partial charge in [-0.05, 0) is 30.4 Å². The average molecular weight is 256 g/mol. The Labute approximate surface area is 114 Å². The van der Waals surface area contributed by atoms with Crippen LogP contribution >= 0.6 is 0 Å². The summed E-state index contributed by atoms with van der Waals surface area (Å²) in [7, 11) is 0. The topological polar surface area (TPSA) is 26.3 Å². The molecule has 0 radical (unpaired) electrons. The van der Waals surface area contributed by atoms with Crippen molar-refractivity contribution in [3.05, 3.63) is 42.0 Å². The molecule has 0 N–H and O–H groups in total. The van der Waals surface area contributed by atoms with Crippen LogP contribution in [0.5, 0.6) is 5.75 Å². The van der Waals surface area contributed by atoms with E-state index in [1.165, 1.54) is 0 Å². The summed E-state index contributed by atoms with van der Waals surface area (Å²) >= 11 is 0. The van der Waals surface area contributed by atoms with Gasteiger partial charge < -0.3 is 4.74 Å². The standard InChI is InChI=1S/C17H20O2/c1-3-7-16(18)14-10-11-17(19-12-4-2)15-9-6-5-8-13(14)15/h5-6,8-11H,3-4,7,12H2,1-2H3. The lowest BCUT2D eigenvalue weighted by Crippen LogP contribution is -2.01. The highest BCUT2D eigenvalue weighted by molar-refractivity contribution is 6.09. The Morgan fingerprint density at radius 2 is 1.74 bits per heavy atom. The SMILES string of the molecule is CCCOc1ccc(C(=O)CCC)c2ccccc12. The Balaban J connectivity index is 2.48. The molecule has 2 heteroatoms. The maximum atomic E-state index is 12.1. The highest BCUT2D eigenvalue weighted by Crippen LogP contribution is 2.29. The fourth-order valence-electron chi connectivity index (χ4n) is 2.21. The van der Waals surface area contributed by atoms with Gasteiger partial charge in [0.1, 0.15) is 5.75 Å². The molecule has 100 valence electrons. The van der Waals surface area contributed by atoms with Crippen LogP contribution in [0.1, 0.15) is 43.5 Å². The van der Waals surface area contributed by atoms with Gasteiger partial charge in [-0.2, -0.15) is 0 Å². The van der Waals surface area contributed by atoms with E-state index in [0.717, 1.165) is 34.9 Å². The summed E-state index contributed by atoms with van der Waals surface area (Å²) in [6, 6.07) is 11.8. The van der Waals surface area contributed by atoms with Gasteiger partial charge in [-0.25, -0.2) is 0 Å². The summed E-state index contributed by atoms with van der Waals surface area (Å²) in [6.07, 6.45) is 2.45. The number of ketones is 1. The van der Waals surface area contributed by atoms with Crippen LogP contribution in [0.2, 0.25) is 0 Å². The highest BCUT2D eigenvalue weighted by atomic mass is 16.5.